The van der Waals surface area contributed by atoms with Crippen molar-refractivity contribution in [1.29, 1.82) is 0 Å². The predicted octanol–water partition coefficient (Wildman–Crippen LogP) is -2.04. The van der Waals surface area contributed by atoms with Crippen molar-refractivity contribution in [1.82, 2.24) is 0 Å². The van der Waals surface area contributed by atoms with Gasteiger partial charge in [-0.1, -0.05) is 16.5 Å². The number of hydrogen-bond acceptors (Lipinski definition) is 2. The van der Waals surface area contributed by atoms with Gasteiger partial charge in [-0.25, -0.2) is 0 Å². The fraction of sp³-hybridized carbons (Fsp3) is 0.300. The zero-order valence-electron chi connectivity index (χ0n) is 11.0. The number of anilines is 1. The van der Waals surface area contributed by atoms with Crippen LogP contribution in [0.25, 0.3) is 0 Å². The summed E-state index contributed by atoms with van der Waals surface area (Å²) in [5.41, 5.74) is 7.49. The number of benzene rings is 1. The highest BCUT2D eigenvalue weighted by Crippen LogP contribution is 2.11. The van der Waals surface area contributed by atoms with Crippen LogP contribution in [0.4, 0.5) is 5.69 Å². The Balaban J connectivity index is 3.57. The maximum Gasteiger partial charge on any atom is 0.113 e. The third-order valence-electron chi connectivity index (χ3n) is 2.95. The molecule has 0 bridgehead atoms. The quantitative estimate of drug-likeness (QED) is 0.355. The van der Waals surface area contributed by atoms with E-state index in [4.69, 9.17) is 31.1 Å². The van der Waals surface area contributed by atoms with Gasteiger partial charge in [0.1, 0.15) is 7.85 Å². The Labute approximate surface area is 116 Å². The van der Waals surface area contributed by atoms with Gasteiger partial charge >= 0.3 is 0 Å². The standard InChI is InChI=1S/C10H11B6N2/c1-4-17-18-10-5(2)7(11)8(15-12)6(3)9(10)16(13)14/h4,18H,1-3H3. The molecule has 0 amide bonds. The Hall–Kier alpha value is -0.920. The molecule has 0 saturated heterocycles. The molecule has 0 aromatic heterocycles. The normalized spacial score (nSPS) is 10.6. The average molecular weight is 224 g/mol. The van der Waals surface area contributed by atoms with E-state index in [9.17, 15) is 0 Å². The first kappa shape index (κ1) is 15.1. The summed E-state index contributed by atoms with van der Waals surface area (Å²) >= 11 is 0. The van der Waals surface area contributed by atoms with E-state index in [1.807, 2.05) is 20.8 Å². The highest BCUT2D eigenvalue weighted by Gasteiger charge is 2.17. The Morgan fingerprint density at radius 2 is 1.89 bits per heavy atom. The fourth-order valence-corrected chi connectivity index (χ4v) is 1.98. The average Bonchev–Trinajstić information content (AvgIpc) is 2.32. The smallest absolute Gasteiger partial charge is 0.113 e. The molecule has 1 aromatic rings. The topological polar surface area (TPSA) is 24.4 Å². The summed E-state index contributed by atoms with van der Waals surface area (Å²) in [6.45, 7) is 4.94. The minimum Gasteiger partial charge on any atom is -0.279 e. The third kappa shape index (κ3) is 2.73. The summed E-state index contributed by atoms with van der Waals surface area (Å²) in [5.74, 6) is 0. The van der Waals surface area contributed by atoms with Crippen molar-refractivity contribution in [3.8, 4) is 0 Å². The van der Waals surface area contributed by atoms with Gasteiger partial charge < -0.3 is 0 Å². The molecule has 0 unspecified atom stereocenters. The highest BCUT2D eigenvalue weighted by atomic mass is 15.3. The number of nitrogens with zero attached hydrogens (tertiary/aromatic N) is 1. The summed E-state index contributed by atoms with van der Waals surface area (Å²) in [6, 6.07) is 0. The van der Waals surface area contributed by atoms with Gasteiger partial charge in [0.2, 0.25) is 0 Å². The van der Waals surface area contributed by atoms with Gasteiger partial charge in [0.15, 0.2) is 0 Å². The van der Waals surface area contributed by atoms with Crippen LogP contribution in [0.1, 0.15) is 18.1 Å². The van der Waals surface area contributed by atoms with Crippen molar-refractivity contribution in [2.24, 2.45) is 5.10 Å². The Bertz CT molecular complexity index is 472. The molecule has 1 rings (SSSR count). The Morgan fingerprint density at radius 1 is 1.28 bits per heavy atom. The predicted molar refractivity (Wildman–Crippen MR) is 87.1 cm³/mol. The molecule has 2 nitrogen and oxygen atoms in total. The SMILES string of the molecule is [B][B]c1c([B])c(C)c(NN=CC)c(B([B])[B])c1C. The number of nitrogens with one attached hydrogen (secondary N) is 1. The summed E-state index contributed by atoms with van der Waals surface area (Å²) in [7, 11) is 24.8. The molecular formula is C10H11B6N2. The van der Waals surface area contributed by atoms with Crippen molar-refractivity contribution in [3.63, 3.8) is 0 Å². The lowest BCUT2D eigenvalue weighted by molar-refractivity contribution is 1.32. The zero-order chi connectivity index (χ0) is 13.9. The van der Waals surface area contributed by atoms with Gasteiger partial charge in [-0.2, -0.15) is 5.10 Å². The van der Waals surface area contributed by atoms with Crippen molar-refractivity contribution >= 4 is 73.0 Å². The van der Waals surface area contributed by atoms with Crippen LogP contribution in [0.2, 0.25) is 0 Å². The van der Waals surface area contributed by atoms with Crippen molar-refractivity contribution in [2.45, 2.75) is 20.8 Å². The molecular weight excluding hydrogens is 213 g/mol. The van der Waals surface area contributed by atoms with Gasteiger partial charge in [0, 0.05) is 29.4 Å². The summed E-state index contributed by atoms with van der Waals surface area (Å²) in [4.78, 5) is 0. The van der Waals surface area contributed by atoms with E-state index in [0.717, 1.165) is 27.7 Å². The molecule has 1 aromatic carbocycles. The van der Waals surface area contributed by atoms with E-state index in [2.05, 4.69) is 10.5 Å². The molecule has 0 fully saturated rings. The monoisotopic (exact) mass is 225 g/mol. The van der Waals surface area contributed by atoms with Crippen molar-refractivity contribution in [2.75, 3.05) is 5.43 Å². The van der Waals surface area contributed by atoms with Gasteiger partial charge in [0.25, 0.3) is 0 Å². The van der Waals surface area contributed by atoms with Gasteiger partial charge in [0.05, 0.1) is 19.4 Å². The van der Waals surface area contributed by atoms with E-state index < -0.39 is 6.49 Å². The second kappa shape index (κ2) is 6.31. The number of hydrogen-bond donors (Lipinski definition) is 1. The van der Waals surface area contributed by atoms with Crippen LogP contribution in [-0.4, -0.2) is 50.9 Å². The molecule has 0 atom stereocenters. The van der Waals surface area contributed by atoms with Crippen LogP contribution in [-0.2, 0) is 0 Å². The molecule has 0 heterocycles. The van der Waals surface area contributed by atoms with Gasteiger partial charge in [-0.3, -0.25) is 5.43 Å². The summed E-state index contributed by atoms with van der Waals surface area (Å²) < 4.78 is 0. The second-order valence-corrected chi connectivity index (χ2v) is 4.06. The van der Waals surface area contributed by atoms with Crippen LogP contribution in [0, 0.1) is 13.8 Å². The van der Waals surface area contributed by atoms with Crippen LogP contribution < -0.4 is 21.8 Å². The lowest BCUT2D eigenvalue weighted by Gasteiger charge is -2.24. The first-order valence-corrected chi connectivity index (χ1v) is 5.68. The van der Waals surface area contributed by atoms with Crippen molar-refractivity contribution in [3.05, 3.63) is 11.1 Å². The molecule has 0 saturated carbocycles. The second-order valence-electron chi connectivity index (χ2n) is 4.06. The van der Waals surface area contributed by atoms with Crippen molar-refractivity contribution < 1.29 is 0 Å². The minimum absolute atomic E-state index is 0.605. The van der Waals surface area contributed by atoms with E-state index in [1.165, 1.54) is 7.17 Å². The zero-order valence-corrected chi connectivity index (χ0v) is 11.0. The minimum atomic E-state index is -0.627. The lowest BCUT2D eigenvalue weighted by atomic mass is 9.16. The molecule has 0 aliphatic heterocycles. The molecule has 18 heavy (non-hydrogen) atoms. The first-order valence-electron chi connectivity index (χ1n) is 5.68. The fourth-order valence-electron chi connectivity index (χ4n) is 1.98. The van der Waals surface area contributed by atoms with Crippen LogP contribution in [0.15, 0.2) is 5.10 Å². The van der Waals surface area contributed by atoms with E-state index in [1.54, 1.807) is 6.21 Å². The lowest BCUT2D eigenvalue weighted by Crippen LogP contribution is -2.47. The van der Waals surface area contributed by atoms with E-state index >= 15 is 0 Å². The van der Waals surface area contributed by atoms with Gasteiger partial charge in [-0.05, 0) is 26.3 Å². The summed E-state index contributed by atoms with van der Waals surface area (Å²) in [6.07, 6.45) is 1.64. The number of hydrazone groups is 1. The molecule has 0 aliphatic rings. The maximum absolute atomic E-state index is 6.05. The van der Waals surface area contributed by atoms with E-state index in [0.29, 0.717) is 5.46 Å². The summed E-state index contributed by atoms with van der Waals surface area (Å²) in [5, 5.41) is 4.00. The van der Waals surface area contributed by atoms with E-state index in [-0.39, 0.29) is 0 Å². The molecule has 8 heteroatoms. The maximum atomic E-state index is 6.05. The molecule has 0 aliphatic carbocycles. The molecule has 79 valence electrons. The largest absolute Gasteiger partial charge is 0.279 e. The molecule has 0 spiro atoms. The van der Waals surface area contributed by atoms with Crippen LogP contribution in [0.5, 0.6) is 0 Å². The molecule has 1 N–H and O–H groups in total. The first-order chi connectivity index (χ1) is 8.45. The third-order valence-corrected chi connectivity index (χ3v) is 2.95. The number of rotatable bonds is 4. The Morgan fingerprint density at radius 3 is 2.33 bits per heavy atom. The van der Waals surface area contributed by atoms with Gasteiger partial charge in [-0.15, -0.1) is 5.46 Å². The van der Waals surface area contributed by atoms with Crippen LogP contribution >= 0.6 is 0 Å². The molecule has 9 radical (unpaired) electrons. The van der Waals surface area contributed by atoms with Crippen LogP contribution in [0.3, 0.4) is 0 Å². The Kier molecular flexibility index (Phi) is 5.30. The highest BCUT2D eigenvalue weighted by molar-refractivity contribution is 7.35.